The maximum atomic E-state index is 9.17. The average Bonchev–Trinajstić information content (AvgIpc) is 2.39. The Labute approximate surface area is 125 Å². The Kier molecular flexibility index (Phi) is 20.5. The third-order valence-corrected chi connectivity index (χ3v) is 3.22. The van der Waals surface area contributed by atoms with E-state index in [1.54, 1.807) is 0 Å². The highest BCUT2D eigenvalue weighted by atomic mass is 35.5. The fraction of sp³-hybridized carbons (Fsp3) is 1.00. The second-order valence-electron chi connectivity index (χ2n) is 5.15. The van der Waals surface area contributed by atoms with Crippen LogP contribution in [-0.2, 0) is 4.74 Å². The van der Waals surface area contributed by atoms with Crippen LogP contribution in [0.4, 0.5) is 0 Å². The summed E-state index contributed by atoms with van der Waals surface area (Å²) in [6.07, 6.45) is 12.9. The van der Waals surface area contributed by atoms with Crippen LogP contribution < -0.4 is 5.73 Å². The molecule has 0 radical (unpaired) electrons. The van der Waals surface area contributed by atoms with Crippen LogP contribution in [0.15, 0.2) is 0 Å². The van der Waals surface area contributed by atoms with Crippen molar-refractivity contribution in [1.82, 2.24) is 0 Å². The lowest BCUT2D eigenvalue weighted by Crippen LogP contribution is -2.25. The highest BCUT2D eigenvalue weighted by Gasteiger charge is 1.99. The summed E-state index contributed by atoms with van der Waals surface area (Å²) in [7, 11) is 0. The Morgan fingerprint density at radius 2 is 1.37 bits per heavy atom. The summed E-state index contributed by atoms with van der Waals surface area (Å²) in [4.78, 5) is 0. The largest absolute Gasteiger partial charge is 0.389 e. The van der Waals surface area contributed by atoms with Crippen LogP contribution in [0.25, 0.3) is 0 Å². The summed E-state index contributed by atoms with van der Waals surface area (Å²) >= 11 is 0. The molecule has 0 bridgehead atoms. The Morgan fingerprint density at radius 3 is 1.84 bits per heavy atom. The zero-order valence-electron chi connectivity index (χ0n) is 12.6. The van der Waals surface area contributed by atoms with E-state index in [9.17, 15) is 0 Å². The number of aliphatic hydroxyl groups is 1. The lowest BCUT2D eigenvalue weighted by molar-refractivity contribution is 0.0396. The monoisotopic (exact) mass is 295 g/mol. The van der Waals surface area contributed by atoms with Crippen LogP contribution in [0.1, 0.15) is 71.1 Å². The zero-order chi connectivity index (χ0) is 13.5. The molecule has 0 aromatic carbocycles. The van der Waals surface area contributed by atoms with Gasteiger partial charge in [0.25, 0.3) is 0 Å². The molecule has 1 atom stereocenters. The Hall–Kier alpha value is 0.170. The summed E-state index contributed by atoms with van der Waals surface area (Å²) in [5, 5.41) is 9.17. The highest BCUT2D eigenvalue weighted by molar-refractivity contribution is 5.85. The lowest BCUT2D eigenvalue weighted by atomic mass is 10.1. The molecule has 4 heteroatoms. The first-order valence-electron chi connectivity index (χ1n) is 7.77. The topological polar surface area (TPSA) is 55.5 Å². The van der Waals surface area contributed by atoms with Crippen molar-refractivity contribution < 1.29 is 9.84 Å². The molecule has 3 N–H and O–H groups in total. The van der Waals surface area contributed by atoms with E-state index < -0.39 is 6.10 Å². The van der Waals surface area contributed by atoms with Gasteiger partial charge in [0.2, 0.25) is 0 Å². The number of hydrogen-bond donors (Lipinski definition) is 2. The fourth-order valence-corrected chi connectivity index (χ4v) is 1.98. The Morgan fingerprint density at radius 1 is 0.895 bits per heavy atom. The van der Waals surface area contributed by atoms with Gasteiger partial charge in [-0.25, -0.2) is 0 Å². The first-order valence-corrected chi connectivity index (χ1v) is 7.77. The third-order valence-electron chi connectivity index (χ3n) is 3.22. The minimum Gasteiger partial charge on any atom is -0.389 e. The molecule has 0 fully saturated rings. The normalized spacial score (nSPS) is 12.2. The number of unbranched alkanes of at least 4 members (excludes halogenated alkanes) is 9. The minimum atomic E-state index is -0.492. The molecular weight excluding hydrogens is 262 g/mol. The SMILES string of the molecule is CCCCCCCCCCCCOCC(O)CN.Cl. The van der Waals surface area contributed by atoms with E-state index in [2.05, 4.69) is 6.92 Å². The van der Waals surface area contributed by atoms with Crippen molar-refractivity contribution in [3.05, 3.63) is 0 Å². The molecule has 1 unspecified atom stereocenters. The zero-order valence-corrected chi connectivity index (χ0v) is 13.4. The van der Waals surface area contributed by atoms with E-state index in [4.69, 9.17) is 15.6 Å². The molecule has 0 amide bonds. The number of halogens is 1. The molecule has 0 saturated carbocycles. The van der Waals surface area contributed by atoms with Gasteiger partial charge in [0.1, 0.15) is 0 Å². The van der Waals surface area contributed by atoms with Crippen molar-refractivity contribution in [2.45, 2.75) is 77.2 Å². The van der Waals surface area contributed by atoms with Crippen LogP contribution in [0, 0.1) is 0 Å². The van der Waals surface area contributed by atoms with Crippen molar-refractivity contribution in [3.63, 3.8) is 0 Å². The van der Waals surface area contributed by atoms with Crippen LogP contribution in [0.5, 0.6) is 0 Å². The van der Waals surface area contributed by atoms with E-state index in [0.29, 0.717) is 6.61 Å². The van der Waals surface area contributed by atoms with Crippen molar-refractivity contribution in [1.29, 1.82) is 0 Å². The average molecular weight is 296 g/mol. The van der Waals surface area contributed by atoms with Gasteiger partial charge >= 0.3 is 0 Å². The predicted octanol–water partition coefficient (Wildman–Crippen LogP) is 3.67. The van der Waals surface area contributed by atoms with Gasteiger partial charge in [-0.1, -0.05) is 64.7 Å². The number of nitrogens with two attached hydrogens (primary N) is 1. The molecule has 118 valence electrons. The molecule has 0 aromatic rings. The maximum Gasteiger partial charge on any atom is 0.0895 e. The molecule has 0 spiro atoms. The van der Waals surface area contributed by atoms with Crippen LogP contribution in [0.2, 0.25) is 0 Å². The number of hydrogen-bond acceptors (Lipinski definition) is 3. The third kappa shape index (κ3) is 18.2. The molecular formula is C15H34ClNO2. The van der Waals surface area contributed by atoms with E-state index in [0.717, 1.165) is 13.0 Å². The van der Waals surface area contributed by atoms with Crippen molar-refractivity contribution >= 4 is 12.4 Å². The molecule has 0 saturated heterocycles. The van der Waals surface area contributed by atoms with E-state index in [-0.39, 0.29) is 19.0 Å². The molecule has 3 nitrogen and oxygen atoms in total. The second-order valence-corrected chi connectivity index (χ2v) is 5.15. The smallest absolute Gasteiger partial charge is 0.0895 e. The van der Waals surface area contributed by atoms with Crippen molar-refractivity contribution in [2.75, 3.05) is 19.8 Å². The van der Waals surface area contributed by atoms with Gasteiger partial charge in [0.15, 0.2) is 0 Å². The summed E-state index contributed by atoms with van der Waals surface area (Å²) in [5.41, 5.74) is 5.28. The molecule has 0 rings (SSSR count). The minimum absolute atomic E-state index is 0. The van der Waals surface area contributed by atoms with Crippen molar-refractivity contribution in [2.24, 2.45) is 5.73 Å². The van der Waals surface area contributed by atoms with Gasteiger partial charge in [0, 0.05) is 13.2 Å². The van der Waals surface area contributed by atoms with Crippen LogP contribution in [0.3, 0.4) is 0 Å². The Bertz CT molecular complexity index is 159. The first-order chi connectivity index (χ1) is 8.81. The van der Waals surface area contributed by atoms with Crippen molar-refractivity contribution in [3.8, 4) is 0 Å². The number of ether oxygens (including phenoxy) is 1. The van der Waals surface area contributed by atoms with Crippen LogP contribution >= 0.6 is 12.4 Å². The quantitative estimate of drug-likeness (QED) is 0.481. The molecule has 0 aromatic heterocycles. The highest BCUT2D eigenvalue weighted by Crippen LogP contribution is 2.10. The van der Waals surface area contributed by atoms with E-state index in [1.165, 1.54) is 57.8 Å². The first kappa shape index (κ1) is 21.5. The molecule has 19 heavy (non-hydrogen) atoms. The molecule has 0 aliphatic carbocycles. The van der Waals surface area contributed by atoms with Gasteiger partial charge in [0.05, 0.1) is 12.7 Å². The Balaban J connectivity index is 0. The van der Waals surface area contributed by atoms with E-state index in [1.807, 2.05) is 0 Å². The molecule has 0 aliphatic rings. The molecule has 0 heterocycles. The number of aliphatic hydroxyl groups excluding tert-OH is 1. The predicted molar refractivity (Wildman–Crippen MR) is 85.0 cm³/mol. The number of rotatable bonds is 14. The summed E-state index contributed by atoms with van der Waals surface area (Å²) < 4.78 is 5.33. The van der Waals surface area contributed by atoms with Crippen LogP contribution in [-0.4, -0.2) is 31.0 Å². The van der Waals surface area contributed by atoms with Gasteiger partial charge in [-0.05, 0) is 6.42 Å². The maximum absolute atomic E-state index is 9.17. The fourth-order valence-electron chi connectivity index (χ4n) is 1.98. The summed E-state index contributed by atoms with van der Waals surface area (Å²) in [6.45, 7) is 3.69. The van der Waals surface area contributed by atoms with Gasteiger partial charge in [-0.15, -0.1) is 12.4 Å². The van der Waals surface area contributed by atoms with E-state index >= 15 is 0 Å². The van der Waals surface area contributed by atoms with Gasteiger partial charge in [-0.3, -0.25) is 0 Å². The standard InChI is InChI=1S/C15H33NO2.ClH/c1-2-3-4-5-6-7-8-9-10-11-12-18-14-15(17)13-16;/h15,17H,2-14,16H2,1H3;1H. The van der Waals surface area contributed by atoms with Gasteiger partial charge in [-0.2, -0.15) is 0 Å². The summed E-state index contributed by atoms with van der Waals surface area (Å²) in [6, 6.07) is 0. The summed E-state index contributed by atoms with van der Waals surface area (Å²) in [5.74, 6) is 0. The van der Waals surface area contributed by atoms with Gasteiger partial charge < -0.3 is 15.6 Å². The second kappa shape index (κ2) is 18.2. The lowest BCUT2D eigenvalue weighted by Gasteiger charge is -2.08. The molecule has 0 aliphatic heterocycles.